The van der Waals surface area contributed by atoms with Gasteiger partial charge in [-0.2, -0.15) is 0 Å². The third kappa shape index (κ3) is 3.64. The molecule has 0 aromatic carbocycles. The van der Waals surface area contributed by atoms with Gasteiger partial charge in [-0.3, -0.25) is 4.79 Å². The van der Waals surface area contributed by atoms with Gasteiger partial charge in [0, 0.05) is 22.8 Å². The molecule has 1 heterocycles. The first-order valence-corrected chi connectivity index (χ1v) is 6.01. The number of carbonyl (C=O) groups is 1. The molecule has 0 radical (unpaired) electrons. The first-order chi connectivity index (χ1) is 7.17. The first kappa shape index (κ1) is 12.2. The zero-order valence-electron chi connectivity index (χ0n) is 9.46. The molecule has 1 rings (SSSR count). The summed E-state index contributed by atoms with van der Waals surface area (Å²) < 4.78 is 0. The number of hydrogen-bond acceptors (Lipinski definition) is 3. The minimum atomic E-state index is 0.0223. The molecule has 0 saturated heterocycles. The van der Waals surface area contributed by atoms with E-state index in [1.807, 2.05) is 0 Å². The lowest BCUT2D eigenvalue weighted by atomic mass is 10.2. The molecule has 0 saturated carbocycles. The van der Waals surface area contributed by atoms with Crippen molar-refractivity contribution in [2.45, 2.75) is 26.3 Å². The van der Waals surface area contributed by atoms with Crippen LogP contribution in [0, 0.1) is 0 Å². The quantitative estimate of drug-likeness (QED) is 0.802. The highest BCUT2D eigenvalue weighted by Gasteiger charge is 2.08. The van der Waals surface area contributed by atoms with Gasteiger partial charge in [-0.1, -0.05) is 6.92 Å². The van der Waals surface area contributed by atoms with Crippen LogP contribution in [0.3, 0.4) is 0 Å². The van der Waals surface area contributed by atoms with E-state index in [4.69, 9.17) is 0 Å². The molecule has 1 atom stereocenters. The zero-order valence-corrected chi connectivity index (χ0v) is 10.3. The highest BCUT2D eigenvalue weighted by Crippen LogP contribution is 2.23. The molecule has 0 fully saturated rings. The number of amides is 1. The fourth-order valence-electron chi connectivity index (χ4n) is 1.25. The second-order valence-corrected chi connectivity index (χ2v) is 4.63. The predicted octanol–water partition coefficient (Wildman–Crippen LogP) is 1.71. The summed E-state index contributed by atoms with van der Waals surface area (Å²) in [7, 11) is 1.65. The normalized spacial score (nSPS) is 12.5. The number of thiophene rings is 1. The molecule has 0 bridgehead atoms. The fraction of sp³-hybridized carbons (Fsp3) is 0.545. The highest BCUT2D eigenvalue weighted by atomic mass is 32.1. The smallest absolute Gasteiger partial charge is 0.233 e. The van der Waals surface area contributed by atoms with Crippen LogP contribution in [-0.4, -0.2) is 19.5 Å². The molecular formula is C11H18N2OS. The Balaban J connectivity index is 2.46. The Kier molecular flexibility index (Phi) is 4.78. The van der Waals surface area contributed by atoms with Gasteiger partial charge in [0.05, 0.1) is 6.54 Å². The van der Waals surface area contributed by atoms with Crippen molar-refractivity contribution in [2.24, 2.45) is 0 Å². The number of hydrogen-bond donors (Lipinski definition) is 2. The van der Waals surface area contributed by atoms with E-state index < -0.39 is 0 Å². The average molecular weight is 226 g/mol. The van der Waals surface area contributed by atoms with Gasteiger partial charge in [-0.05, 0) is 25.5 Å². The predicted molar refractivity (Wildman–Crippen MR) is 64.2 cm³/mol. The van der Waals surface area contributed by atoms with Crippen LogP contribution in [0.1, 0.15) is 29.6 Å². The van der Waals surface area contributed by atoms with Crippen molar-refractivity contribution in [2.75, 3.05) is 13.6 Å². The van der Waals surface area contributed by atoms with Gasteiger partial charge in [0.15, 0.2) is 0 Å². The average Bonchev–Trinajstić information content (AvgIpc) is 2.73. The number of likely N-dealkylation sites (N-methyl/N-ethyl adjacent to an activating group) is 1. The van der Waals surface area contributed by atoms with Crippen molar-refractivity contribution in [3.8, 4) is 0 Å². The molecule has 1 aromatic heterocycles. The fourth-order valence-corrected chi connectivity index (χ4v) is 2.23. The van der Waals surface area contributed by atoms with E-state index in [0.29, 0.717) is 6.54 Å². The Labute approximate surface area is 94.9 Å². The Morgan fingerprint density at radius 3 is 2.80 bits per heavy atom. The molecule has 0 spiro atoms. The van der Waals surface area contributed by atoms with Gasteiger partial charge < -0.3 is 10.6 Å². The van der Waals surface area contributed by atoms with E-state index in [1.165, 1.54) is 9.75 Å². The molecule has 2 N–H and O–H groups in total. The summed E-state index contributed by atoms with van der Waals surface area (Å²) in [4.78, 5) is 13.7. The highest BCUT2D eigenvalue weighted by molar-refractivity contribution is 7.12. The Bertz CT molecular complexity index is 322. The second kappa shape index (κ2) is 5.88. The Morgan fingerprint density at radius 2 is 2.27 bits per heavy atom. The van der Waals surface area contributed by atoms with Crippen LogP contribution in [0.4, 0.5) is 0 Å². The topological polar surface area (TPSA) is 41.1 Å². The number of aryl methyl sites for hydroxylation is 1. The van der Waals surface area contributed by atoms with E-state index in [9.17, 15) is 4.79 Å². The molecule has 4 heteroatoms. The monoisotopic (exact) mass is 226 g/mol. The maximum Gasteiger partial charge on any atom is 0.233 e. The third-order valence-corrected chi connectivity index (χ3v) is 3.72. The van der Waals surface area contributed by atoms with Crippen molar-refractivity contribution in [1.82, 2.24) is 10.6 Å². The molecule has 1 aromatic rings. The maximum atomic E-state index is 11.0. The SMILES string of the molecule is CCc1ccc(C(C)NCC(=O)NC)s1. The molecule has 0 aliphatic rings. The van der Waals surface area contributed by atoms with Crippen LogP contribution >= 0.6 is 11.3 Å². The number of rotatable bonds is 5. The van der Waals surface area contributed by atoms with E-state index in [1.54, 1.807) is 18.4 Å². The van der Waals surface area contributed by atoms with Crippen molar-refractivity contribution in [3.63, 3.8) is 0 Å². The van der Waals surface area contributed by atoms with Gasteiger partial charge >= 0.3 is 0 Å². The minimum absolute atomic E-state index is 0.0223. The van der Waals surface area contributed by atoms with E-state index in [0.717, 1.165) is 6.42 Å². The van der Waals surface area contributed by atoms with E-state index >= 15 is 0 Å². The molecule has 84 valence electrons. The van der Waals surface area contributed by atoms with Gasteiger partial charge in [-0.25, -0.2) is 0 Å². The van der Waals surface area contributed by atoms with Gasteiger partial charge in [-0.15, -0.1) is 11.3 Å². The number of nitrogens with one attached hydrogen (secondary N) is 2. The van der Waals surface area contributed by atoms with Crippen LogP contribution in [0.15, 0.2) is 12.1 Å². The van der Waals surface area contributed by atoms with Crippen LogP contribution in [0.2, 0.25) is 0 Å². The third-order valence-electron chi connectivity index (χ3n) is 2.31. The van der Waals surface area contributed by atoms with Crippen molar-refractivity contribution >= 4 is 17.2 Å². The van der Waals surface area contributed by atoms with Gasteiger partial charge in [0.1, 0.15) is 0 Å². The van der Waals surface area contributed by atoms with Crippen molar-refractivity contribution < 1.29 is 4.79 Å². The molecule has 3 nitrogen and oxygen atoms in total. The molecular weight excluding hydrogens is 208 g/mol. The van der Waals surface area contributed by atoms with E-state index in [-0.39, 0.29) is 11.9 Å². The van der Waals surface area contributed by atoms with Crippen LogP contribution in [0.5, 0.6) is 0 Å². The molecule has 0 aliphatic heterocycles. The molecule has 1 unspecified atom stereocenters. The molecule has 0 aliphatic carbocycles. The van der Waals surface area contributed by atoms with Crippen LogP contribution in [0.25, 0.3) is 0 Å². The Morgan fingerprint density at radius 1 is 1.53 bits per heavy atom. The minimum Gasteiger partial charge on any atom is -0.358 e. The summed E-state index contributed by atoms with van der Waals surface area (Å²) in [5, 5.41) is 5.78. The lowest BCUT2D eigenvalue weighted by Crippen LogP contribution is -2.32. The Hall–Kier alpha value is -0.870. The standard InChI is InChI=1S/C11H18N2OS/c1-4-9-5-6-10(15-9)8(2)13-7-11(14)12-3/h5-6,8,13H,4,7H2,1-3H3,(H,12,14). The number of carbonyl (C=O) groups excluding carboxylic acids is 1. The van der Waals surface area contributed by atoms with Gasteiger partial charge in [0.25, 0.3) is 0 Å². The summed E-state index contributed by atoms with van der Waals surface area (Å²) >= 11 is 1.81. The lowest BCUT2D eigenvalue weighted by Gasteiger charge is -2.10. The van der Waals surface area contributed by atoms with Crippen LogP contribution in [-0.2, 0) is 11.2 Å². The summed E-state index contributed by atoms with van der Waals surface area (Å²) in [5.74, 6) is 0.0223. The maximum absolute atomic E-state index is 11.0. The largest absolute Gasteiger partial charge is 0.358 e. The molecule has 15 heavy (non-hydrogen) atoms. The zero-order chi connectivity index (χ0) is 11.3. The van der Waals surface area contributed by atoms with E-state index in [2.05, 4.69) is 36.6 Å². The van der Waals surface area contributed by atoms with Gasteiger partial charge in [0.2, 0.25) is 5.91 Å². The van der Waals surface area contributed by atoms with Crippen molar-refractivity contribution in [3.05, 3.63) is 21.9 Å². The van der Waals surface area contributed by atoms with Crippen molar-refractivity contribution in [1.29, 1.82) is 0 Å². The summed E-state index contributed by atoms with van der Waals surface area (Å²) in [6.45, 7) is 4.60. The second-order valence-electron chi connectivity index (χ2n) is 3.43. The van der Waals surface area contributed by atoms with Crippen LogP contribution < -0.4 is 10.6 Å². The summed E-state index contributed by atoms with van der Waals surface area (Å²) in [6.07, 6.45) is 1.08. The lowest BCUT2D eigenvalue weighted by molar-refractivity contribution is -0.119. The molecule has 1 amide bonds. The summed E-state index contributed by atoms with van der Waals surface area (Å²) in [5.41, 5.74) is 0. The first-order valence-electron chi connectivity index (χ1n) is 5.20. The summed E-state index contributed by atoms with van der Waals surface area (Å²) in [6, 6.07) is 4.52.